The third kappa shape index (κ3) is 3.57. The Labute approximate surface area is 151 Å². The molecule has 0 aliphatic carbocycles. The third-order valence-corrected chi connectivity index (χ3v) is 4.00. The summed E-state index contributed by atoms with van der Waals surface area (Å²) in [7, 11) is 0. The highest BCUT2D eigenvalue weighted by Crippen LogP contribution is 2.16. The number of fused-ring (bicyclic) bond motifs is 1. The van der Waals surface area contributed by atoms with E-state index in [1.54, 1.807) is 0 Å². The van der Waals surface area contributed by atoms with Crippen molar-refractivity contribution in [1.29, 1.82) is 0 Å². The summed E-state index contributed by atoms with van der Waals surface area (Å²) < 4.78 is 7.67. The van der Waals surface area contributed by atoms with Crippen molar-refractivity contribution in [1.82, 2.24) is 14.6 Å². The first kappa shape index (κ1) is 15.9. The Hall–Kier alpha value is -3.60. The number of hydrogen-bond acceptors (Lipinski definition) is 4. The van der Waals surface area contributed by atoms with Gasteiger partial charge in [-0.15, -0.1) is 10.2 Å². The van der Waals surface area contributed by atoms with Crippen molar-refractivity contribution < 1.29 is 4.74 Å². The summed E-state index contributed by atoms with van der Waals surface area (Å²) in [5.74, 6) is 1.57. The van der Waals surface area contributed by atoms with Crippen LogP contribution >= 0.6 is 0 Å². The highest BCUT2D eigenvalue weighted by atomic mass is 16.5. The Morgan fingerprint density at radius 2 is 1.69 bits per heavy atom. The summed E-state index contributed by atoms with van der Waals surface area (Å²) >= 11 is 0. The molecule has 128 valence electrons. The Morgan fingerprint density at radius 1 is 0.885 bits per heavy atom. The molecular formula is C21H18N4O. The SMILES string of the molecule is Nc1ccc2nnc(/C=C/c3ccc(OCc4ccccc4)cc3)n2c1. The van der Waals surface area contributed by atoms with Gasteiger partial charge in [0, 0.05) is 11.9 Å². The lowest BCUT2D eigenvalue weighted by atomic mass is 10.2. The summed E-state index contributed by atoms with van der Waals surface area (Å²) in [6.07, 6.45) is 5.72. The fraction of sp³-hybridized carbons (Fsp3) is 0.0476. The third-order valence-electron chi connectivity index (χ3n) is 4.00. The molecule has 2 aromatic carbocycles. The van der Waals surface area contributed by atoms with Gasteiger partial charge in [-0.1, -0.05) is 48.5 Å². The molecule has 0 atom stereocenters. The molecule has 4 rings (SSSR count). The van der Waals surface area contributed by atoms with Crippen LogP contribution in [0.4, 0.5) is 5.69 Å². The van der Waals surface area contributed by atoms with Crippen LogP contribution in [0.25, 0.3) is 17.8 Å². The minimum Gasteiger partial charge on any atom is -0.489 e. The monoisotopic (exact) mass is 342 g/mol. The molecule has 0 spiro atoms. The normalized spacial score (nSPS) is 11.2. The molecule has 0 radical (unpaired) electrons. The molecular weight excluding hydrogens is 324 g/mol. The number of nitrogens with zero attached hydrogens (tertiary/aromatic N) is 3. The maximum absolute atomic E-state index is 5.83. The van der Waals surface area contributed by atoms with E-state index in [1.165, 1.54) is 0 Å². The number of anilines is 1. The van der Waals surface area contributed by atoms with Crippen LogP contribution in [0.1, 0.15) is 17.0 Å². The maximum Gasteiger partial charge on any atom is 0.161 e. The standard InChI is InChI=1S/C21H18N4O/c22-18-9-13-21-24-23-20(25(21)14-18)12-8-16-6-10-19(11-7-16)26-15-17-4-2-1-3-5-17/h1-14H,15,22H2/b12-8+. The summed E-state index contributed by atoms with van der Waals surface area (Å²) in [6.45, 7) is 0.559. The molecule has 26 heavy (non-hydrogen) atoms. The minimum atomic E-state index is 0.559. The van der Waals surface area contributed by atoms with Crippen molar-refractivity contribution in [3.8, 4) is 5.75 Å². The zero-order valence-corrected chi connectivity index (χ0v) is 14.1. The van der Waals surface area contributed by atoms with Gasteiger partial charge >= 0.3 is 0 Å². The van der Waals surface area contributed by atoms with Crippen LogP contribution in [-0.4, -0.2) is 14.6 Å². The van der Waals surface area contributed by atoms with E-state index in [9.17, 15) is 0 Å². The van der Waals surface area contributed by atoms with Crippen LogP contribution in [0.2, 0.25) is 0 Å². The van der Waals surface area contributed by atoms with Crippen molar-refractivity contribution in [2.24, 2.45) is 0 Å². The van der Waals surface area contributed by atoms with Gasteiger partial charge in [0.2, 0.25) is 0 Å². The van der Waals surface area contributed by atoms with Gasteiger partial charge in [0.1, 0.15) is 12.4 Å². The zero-order chi connectivity index (χ0) is 17.8. The largest absolute Gasteiger partial charge is 0.489 e. The van der Waals surface area contributed by atoms with Crippen LogP contribution in [0.3, 0.4) is 0 Å². The maximum atomic E-state index is 5.83. The predicted molar refractivity (Wildman–Crippen MR) is 104 cm³/mol. The first-order valence-electron chi connectivity index (χ1n) is 8.33. The van der Waals surface area contributed by atoms with Crippen LogP contribution in [0, 0.1) is 0 Å². The molecule has 0 saturated carbocycles. The predicted octanol–water partition coefficient (Wildman–Crippen LogP) is 4.06. The van der Waals surface area contributed by atoms with E-state index in [2.05, 4.69) is 10.2 Å². The van der Waals surface area contributed by atoms with Crippen molar-refractivity contribution >= 4 is 23.5 Å². The number of nitrogen functional groups attached to an aromatic ring is 1. The van der Waals surface area contributed by atoms with E-state index >= 15 is 0 Å². The number of pyridine rings is 1. The van der Waals surface area contributed by atoms with Crippen LogP contribution in [0.15, 0.2) is 72.9 Å². The lowest BCUT2D eigenvalue weighted by molar-refractivity contribution is 0.306. The second-order valence-corrected chi connectivity index (χ2v) is 5.93. The number of aromatic nitrogens is 3. The Kier molecular flexibility index (Phi) is 4.35. The van der Waals surface area contributed by atoms with Gasteiger partial charge in [-0.3, -0.25) is 4.40 Å². The first-order valence-corrected chi connectivity index (χ1v) is 8.33. The lowest BCUT2D eigenvalue weighted by Crippen LogP contribution is -1.94. The smallest absolute Gasteiger partial charge is 0.161 e. The van der Waals surface area contributed by atoms with E-state index < -0.39 is 0 Å². The molecule has 0 aliphatic rings. The van der Waals surface area contributed by atoms with E-state index in [0.717, 1.165) is 28.3 Å². The Balaban J connectivity index is 1.45. The number of rotatable bonds is 5. The number of nitrogens with two attached hydrogens (primary N) is 1. The summed E-state index contributed by atoms with van der Waals surface area (Å²) in [4.78, 5) is 0. The zero-order valence-electron chi connectivity index (χ0n) is 14.1. The minimum absolute atomic E-state index is 0.559. The van der Waals surface area contributed by atoms with Crippen molar-refractivity contribution in [2.75, 3.05) is 5.73 Å². The van der Waals surface area contributed by atoms with Gasteiger partial charge in [-0.05, 0) is 41.5 Å². The average molecular weight is 342 g/mol. The average Bonchev–Trinajstić information content (AvgIpc) is 3.08. The molecule has 2 aromatic heterocycles. The van der Waals surface area contributed by atoms with Gasteiger partial charge in [-0.2, -0.15) is 0 Å². The quantitative estimate of drug-likeness (QED) is 0.594. The molecule has 5 nitrogen and oxygen atoms in total. The van der Waals surface area contributed by atoms with Crippen molar-refractivity contribution in [2.45, 2.75) is 6.61 Å². The van der Waals surface area contributed by atoms with E-state index in [-0.39, 0.29) is 0 Å². The second-order valence-electron chi connectivity index (χ2n) is 5.93. The summed E-state index contributed by atoms with van der Waals surface area (Å²) in [5, 5.41) is 8.30. The van der Waals surface area contributed by atoms with Gasteiger partial charge in [0.15, 0.2) is 11.5 Å². The van der Waals surface area contributed by atoms with E-state index in [1.807, 2.05) is 89.5 Å². The van der Waals surface area contributed by atoms with Gasteiger partial charge < -0.3 is 10.5 Å². The molecule has 5 heteroatoms. The summed E-state index contributed by atoms with van der Waals surface area (Å²) in [6, 6.07) is 21.7. The topological polar surface area (TPSA) is 65.4 Å². The number of benzene rings is 2. The first-order chi connectivity index (χ1) is 12.8. The second kappa shape index (κ2) is 7.11. The number of ether oxygens (including phenoxy) is 1. The molecule has 0 amide bonds. The van der Waals surface area contributed by atoms with Gasteiger partial charge in [0.05, 0.1) is 0 Å². The Morgan fingerprint density at radius 3 is 2.50 bits per heavy atom. The van der Waals surface area contributed by atoms with Gasteiger partial charge in [0.25, 0.3) is 0 Å². The fourth-order valence-corrected chi connectivity index (χ4v) is 2.63. The van der Waals surface area contributed by atoms with Crippen molar-refractivity contribution in [3.05, 3.63) is 89.9 Å². The summed E-state index contributed by atoms with van der Waals surface area (Å²) in [5.41, 5.74) is 9.47. The van der Waals surface area contributed by atoms with Crippen LogP contribution in [0.5, 0.6) is 5.75 Å². The highest BCUT2D eigenvalue weighted by Gasteiger charge is 2.02. The van der Waals surface area contributed by atoms with Gasteiger partial charge in [-0.25, -0.2) is 0 Å². The molecule has 0 unspecified atom stereocenters. The molecule has 0 saturated heterocycles. The van der Waals surface area contributed by atoms with E-state index in [4.69, 9.17) is 10.5 Å². The fourth-order valence-electron chi connectivity index (χ4n) is 2.63. The van der Waals surface area contributed by atoms with Crippen LogP contribution in [-0.2, 0) is 6.61 Å². The lowest BCUT2D eigenvalue weighted by Gasteiger charge is -2.06. The highest BCUT2D eigenvalue weighted by molar-refractivity contribution is 5.68. The molecule has 2 heterocycles. The Bertz CT molecular complexity index is 1040. The van der Waals surface area contributed by atoms with Crippen molar-refractivity contribution in [3.63, 3.8) is 0 Å². The number of hydrogen-bond donors (Lipinski definition) is 1. The molecule has 0 bridgehead atoms. The molecule has 4 aromatic rings. The molecule has 0 fully saturated rings. The molecule has 0 aliphatic heterocycles. The van der Waals surface area contributed by atoms with E-state index in [0.29, 0.717) is 12.3 Å². The molecule has 2 N–H and O–H groups in total. The van der Waals surface area contributed by atoms with Crippen LogP contribution < -0.4 is 10.5 Å².